The molecule has 444 valence electrons. The summed E-state index contributed by atoms with van der Waals surface area (Å²) in [6.45, 7) is 4.53. The van der Waals surface area contributed by atoms with Gasteiger partial charge in [0, 0.05) is 6.42 Å². The van der Waals surface area contributed by atoms with Crippen molar-refractivity contribution in [2.24, 2.45) is 0 Å². The van der Waals surface area contributed by atoms with Crippen LogP contribution in [0.4, 0.5) is 0 Å². The molecule has 0 saturated carbocycles. The molecule has 0 radical (unpaired) electrons. The van der Waals surface area contributed by atoms with Crippen LogP contribution in [0.1, 0.15) is 296 Å². The smallest absolute Gasteiger partial charge is 0.268 e. The Morgan fingerprint density at radius 1 is 0.474 bits per heavy atom. The summed E-state index contributed by atoms with van der Waals surface area (Å²) < 4.78 is 23.3. The highest BCUT2D eigenvalue weighted by Crippen LogP contribution is 2.38. The van der Waals surface area contributed by atoms with Gasteiger partial charge >= 0.3 is 0 Å². The highest BCUT2D eigenvalue weighted by Gasteiger charge is 2.23. The standard InChI is InChI=1S/C67H125N2O6P/c1-6-8-10-12-14-16-18-20-22-23-24-25-26-27-28-29-30-31-32-33-34-35-36-37-38-39-40-41-42-43-44-45-47-49-51-53-55-57-59-61-67(71)68-65(64-75-76(72,73)74-63-62-69(3,4)5)66(70)60-58-56-54-52-50-48-46-21-19-17-15-13-11-9-7-2/h8,10,14,16,20,22,24-25,50,52,58,60,65-66,70H,6-7,9,11-13,15,17-19,21,23,26-49,51,53-57,59,61-64H2,1-5H3,(H-,68,71,72,73)/b10-8-,16-14-,22-20-,25-24-,52-50+,60-58+. The van der Waals surface area contributed by atoms with Crippen LogP contribution in [0.15, 0.2) is 72.9 Å². The van der Waals surface area contributed by atoms with Crippen LogP contribution in [-0.2, 0) is 18.4 Å². The van der Waals surface area contributed by atoms with Gasteiger partial charge in [0.1, 0.15) is 13.2 Å². The summed E-state index contributed by atoms with van der Waals surface area (Å²) in [7, 11) is 1.25. The molecule has 0 spiro atoms. The molecule has 0 aromatic carbocycles. The number of allylic oxidation sites excluding steroid dienone is 11. The molecule has 76 heavy (non-hydrogen) atoms. The summed E-state index contributed by atoms with van der Waals surface area (Å²) in [6, 6.07) is -0.903. The van der Waals surface area contributed by atoms with Gasteiger partial charge in [-0.15, -0.1) is 0 Å². The van der Waals surface area contributed by atoms with Crippen molar-refractivity contribution in [3.05, 3.63) is 72.9 Å². The van der Waals surface area contributed by atoms with Gasteiger partial charge in [-0.3, -0.25) is 9.36 Å². The van der Waals surface area contributed by atoms with Gasteiger partial charge in [0.2, 0.25) is 5.91 Å². The van der Waals surface area contributed by atoms with Crippen molar-refractivity contribution in [2.45, 2.75) is 309 Å². The van der Waals surface area contributed by atoms with E-state index in [1.807, 2.05) is 27.2 Å². The van der Waals surface area contributed by atoms with Crippen LogP contribution in [0.25, 0.3) is 0 Å². The van der Waals surface area contributed by atoms with Crippen molar-refractivity contribution in [2.75, 3.05) is 40.9 Å². The van der Waals surface area contributed by atoms with E-state index >= 15 is 0 Å². The third-order valence-electron chi connectivity index (χ3n) is 14.4. The van der Waals surface area contributed by atoms with Gasteiger partial charge in [-0.05, 0) is 70.6 Å². The Bertz CT molecular complexity index is 1470. The van der Waals surface area contributed by atoms with Gasteiger partial charge in [0.05, 0.1) is 39.9 Å². The molecule has 0 bridgehead atoms. The molecule has 0 heterocycles. The van der Waals surface area contributed by atoms with Gasteiger partial charge in [0.15, 0.2) is 0 Å². The first-order chi connectivity index (χ1) is 37.0. The SMILES string of the molecule is CC/C=C\C/C=C\C/C=C\C/C=C\CCCCCCCCCCCCCCCCCCCCCCCCCCCCC(=O)NC(COP(=O)([O-])OCC[N+](C)(C)C)C(O)/C=C/CC/C=C/CCCCCCCCCCC. The molecule has 0 rings (SSSR count). The quantitative estimate of drug-likeness (QED) is 0.0272. The molecule has 1 amide bonds. The lowest BCUT2D eigenvalue weighted by atomic mass is 10.0. The van der Waals surface area contributed by atoms with Crippen molar-refractivity contribution in [1.82, 2.24) is 5.32 Å². The van der Waals surface area contributed by atoms with Crippen molar-refractivity contribution >= 4 is 13.7 Å². The van der Waals surface area contributed by atoms with Crippen LogP contribution in [0.2, 0.25) is 0 Å². The number of phosphoric acid groups is 1. The minimum absolute atomic E-state index is 0.00609. The lowest BCUT2D eigenvalue weighted by molar-refractivity contribution is -0.870. The molecular weight excluding hydrogens is 960 g/mol. The minimum atomic E-state index is -4.60. The van der Waals surface area contributed by atoms with E-state index in [4.69, 9.17) is 9.05 Å². The third-order valence-corrected chi connectivity index (χ3v) is 15.4. The van der Waals surface area contributed by atoms with E-state index in [-0.39, 0.29) is 12.5 Å². The summed E-state index contributed by atoms with van der Waals surface area (Å²) >= 11 is 0. The number of carbonyl (C=O) groups excluding carboxylic acids is 1. The Morgan fingerprint density at radius 3 is 1.22 bits per heavy atom. The van der Waals surface area contributed by atoms with Crippen molar-refractivity contribution in [3.63, 3.8) is 0 Å². The number of hydrogen-bond donors (Lipinski definition) is 2. The molecule has 0 aliphatic heterocycles. The van der Waals surface area contributed by atoms with Gasteiger partial charge in [-0.2, -0.15) is 0 Å². The number of nitrogens with one attached hydrogen (secondary N) is 1. The van der Waals surface area contributed by atoms with Gasteiger partial charge < -0.3 is 28.8 Å². The molecule has 2 N–H and O–H groups in total. The summed E-state index contributed by atoms with van der Waals surface area (Å²) in [5, 5.41) is 13.9. The van der Waals surface area contributed by atoms with E-state index < -0.39 is 26.6 Å². The Labute approximate surface area is 472 Å². The number of rotatable bonds is 59. The maximum Gasteiger partial charge on any atom is 0.268 e. The predicted molar refractivity (Wildman–Crippen MR) is 330 cm³/mol. The van der Waals surface area contributed by atoms with Crippen LogP contribution in [0, 0.1) is 0 Å². The average molecular weight is 1090 g/mol. The fourth-order valence-electron chi connectivity index (χ4n) is 9.40. The third kappa shape index (κ3) is 59.6. The lowest BCUT2D eigenvalue weighted by Gasteiger charge is -2.29. The summed E-state index contributed by atoms with van der Waals surface area (Å²) in [5.41, 5.74) is 0. The zero-order chi connectivity index (χ0) is 55.6. The molecule has 0 aromatic rings. The monoisotopic (exact) mass is 1080 g/mol. The van der Waals surface area contributed by atoms with Crippen molar-refractivity contribution < 1.29 is 32.9 Å². The second-order valence-corrected chi connectivity index (χ2v) is 24.5. The average Bonchev–Trinajstić information content (AvgIpc) is 3.38. The highest BCUT2D eigenvalue weighted by atomic mass is 31.2. The maximum absolute atomic E-state index is 13.0. The first-order valence-corrected chi connectivity index (χ1v) is 33.8. The van der Waals surface area contributed by atoms with E-state index in [1.54, 1.807) is 6.08 Å². The largest absolute Gasteiger partial charge is 0.756 e. The molecular formula is C67H125N2O6P. The zero-order valence-corrected chi connectivity index (χ0v) is 51.6. The first kappa shape index (κ1) is 73.9. The number of nitrogens with zero attached hydrogens (tertiary/aromatic N) is 1. The van der Waals surface area contributed by atoms with Crippen molar-refractivity contribution in [3.8, 4) is 0 Å². The second kappa shape index (κ2) is 57.6. The summed E-state index contributed by atoms with van der Waals surface area (Å²) in [4.78, 5) is 25.5. The van der Waals surface area contributed by atoms with Gasteiger partial charge in [0.25, 0.3) is 7.82 Å². The molecule has 0 saturated heterocycles. The Kier molecular flexibility index (Phi) is 56.1. The van der Waals surface area contributed by atoms with Crippen LogP contribution in [-0.4, -0.2) is 68.5 Å². The van der Waals surface area contributed by atoms with Crippen LogP contribution < -0.4 is 10.2 Å². The molecule has 0 aliphatic carbocycles. The Balaban J connectivity index is 3.92. The molecule has 8 nitrogen and oxygen atoms in total. The van der Waals surface area contributed by atoms with Crippen molar-refractivity contribution in [1.29, 1.82) is 0 Å². The normalized spacial score (nSPS) is 14.2. The van der Waals surface area contributed by atoms with E-state index in [0.29, 0.717) is 17.4 Å². The number of aliphatic hydroxyl groups excluding tert-OH is 1. The molecule has 0 aromatic heterocycles. The number of carbonyl (C=O) groups is 1. The highest BCUT2D eigenvalue weighted by molar-refractivity contribution is 7.45. The number of hydrogen-bond acceptors (Lipinski definition) is 6. The second-order valence-electron chi connectivity index (χ2n) is 23.1. The Morgan fingerprint density at radius 2 is 0.816 bits per heavy atom. The summed E-state index contributed by atoms with van der Waals surface area (Å²) in [5.74, 6) is -0.204. The van der Waals surface area contributed by atoms with E-state index in [0.717, 1.165) is 64.2 Å². The van der Waals surface area contributed by atoms with E-state index in [1.165, 1.54) is 212 Å². The van der Waals surface area contributed by atoms with E-state index in [2.05, 4.69) is 79.9 Å². The number of likely N-dealkylation sites (N-methyl/N-ethyl adjacent to an activating group) is 1. The molecule has 0 aliphatic rings. The van der Waals surface area contributed by atoms with Gasteiger partial charge in [-0.1, -0.05) is 292 Å². The Hall–Kier alpha value is -2.06. The van der Waals surface area contributed by atoms with Crippen LogP contribution in [0.3, 0.4) is 0 Å². The molecule has 3 unspecified atom stereocenters. The fraction of sp³-hybridized carbons (Fsp3) is 0.806. The zero-order valence-electron chi connectivity index (χ0n) is 50.7. The number of aliphatic hydroxyl groups is 1. The minimum Gasteiger partial charge on any atom is -0.756 e. The van der Waals surface area contributed by atoms with E-state index in [9.17, 15) is 19.4 Å². The van der Waals surface area contributed by atoms with Gasteiger partial charge in [-0.25, -0.2) is 0 Å². The lowest BCUT2D eigenvalue weighted by Crippen LogP contribution is -2.45. The number of phosphoric ester groups is 1. The first-order valence-electron chi connectivity index (χ1n) is 32.3. The number of amides is 1. The number of quaternary nitrogens is 1. The van der Waals surface area contributed by atoms with Crippen LogP contribution in [0.5, 0.6) is 0 Å². The molecule has 0 fully saturated rings. The molecule has 3 atom stereocenters. The maximum atomic E-state index is 13.0. The topological polar surface area (TPSA) is 108 Å². The predicted octanol–water partition coefficient (Wildman–Crippen LogP) is 19.6. The number of unbranched alkanes of at least 4 members (excludes halogenated alkanes) is 36. The fourth-order valence-corrected chi connectivity index (χ4v) is 10.1. The molecule has 9 heteroatoms. The summed E-state index contributed by atoms with van der Waals surface area (Å²) in [6.07, 6.45) is 80.3. The van der Waals surface area contributed by atoms with Crippen LogP contribution >= 0.6 is 7.82 Å².